The third-order valence-electron chi connectivity index (χ3n) is 5.50. The monoisotopic (exact) mass is 438 g/mol. The number of fused-ring (bicyclic) bond motifs is 1. The van der Waals surface area contributed by atoms with Gasteiger partial charge in [0.25, 0.3) is 17.2 Å². The minimum atomic E-state index is -0.574. The van der Waals surface area contributed by atoms with Crippen molar-refractivity contribution in [2.75, 3.05) is 20.3 Å². The Morgan fingerprint density at radius 3 is 2.66 bits per heavy atom. The number of aromatic nitrogens is 2. The highest BCUT2D eigenvalue weighted by Crippen LogP contribution is 2.25. The number of hydrogen-bond donors (Lipinski definition) is 0. The quantitative estimate of drug-likeness (QED) is 0.394. The van der Waals surface area contributed by atoms with Crippen molar-refractivity contribution < 1.29 is 14.5 Å². The zero-order chi connectivity index (χ0) is 23.4. The molecule has 0 aliphatic carbocycles. The SMILES string of the molecule is CCn1c(C(C)N(CCOC)C(=O)c2ccc(C)c([N+](=O)[O-])c2)nc2ccccc2c1=O. The third kappa shape index (κ3) is 4.38. The number of ether oxygens (including phenoxy) is 1. The number of amides is 1. The summed E-state index contributed by atoms with van der Waals surface area (Å²) in [6, 6.07) is 10.9. The van der Waals surface area contributed by atoms with Gasteiger partial charge < -0.3 is 9.64 Å². The van der Waals surface area contributed by atoms with Gasteiger partial charge in [-0.15, -0.1) is 0 Å². The lowest BCUT2D eigenvalue weighted by atomic mass is 10.1. The first kappa shape index (κ1) is 23.1. The Bertz CT molecular complexity index is 1220. The maximum atomic E-state index is 13.4. The molecule has 1 aromatic heterocycles. The molecule has 1 atom stereocenters. The van der Waals surface area contributed by atoms with E-state index < -0.39 is 16.9 Å². The molecule has 1 heterocycles. The molecule has 0 saturated heterocycles. The fraction of sp³-hybridized carbons (Fsp3) is 0.348. The number of rotatable bonds is 8. The Hall–Kier alpha value is -3.59. The topological polar surface area (TPSA) is 108 Å². The molecule has 1 unspecified atom stereocenters. The zero-order valence-corrected chi connectivity index (χ0v) is 18.6. The molecule has 0 saturated carbocycles. The number of benzene rings is 2. The maximum absolute atomic E-state index is 13.4. The van der Waals surface area contributed by atoms with Gasteiger partial charge in [-0.3, -0.25) is 24.3 Å². The van der Waals surface area contributed by atoms with Gasteiger partial charge in [0.1, 0.15) is 5.82 Å². The van der Waals surface area contributed by atoms with Crippen LogP contribution in [0.2, 0.25) is 0 Å². The molecule has 0 bridgehead atoms. The second kappa shape index (κ2) is 9.69. The second-order valence-corrected chi connectivity index (χ2v) is 7.46. The summed E-state index contributed by atoms with van der Waals surface area (Å²) in [4.78, 5) is 43.5. The van der Waals surface area contributed by atoms with Crippen molar-refractivity contribution in [3.63, 3.8) is 0 Å². The van der Waals surface area contributed by atoms with Crippen LogP contribution in [-0.4, -0.2) is 45.5 Å². The summed E-state index contributed by atoms with van der Waals surface area (Å²) in [6.45, 7) is 6.13. The largest absolute Gasteiger partial charge is 0.383 e. The number of aryl methyl sites for hydroxylation is 1. The predicted molar refractivity (Wildman–Crippen MR) is 121 cm³/mol. The second-order valence-electron chi connectivity index (χ2n) is 7.46. The van der Waals surface area contributed by atoms with Crippen molar-refractivity contribution in [1.82, 2.24) is 14.5 Å². The van der Waals surface area contributed by atoms with E-state index in [0.717, 1.165) is 0 Å². The number of nitro benzene ring substituents is 1. The van der Waals surface area contributed by atoms with Crippen LogP contribution in [0.5, 0.6) is 0 Å². The Kier molecular flexibility index (Phi) is 6.99. The summed E-state index contributed by atoms with van der Waals surface area (Å²) in [5.41, 5.74) is 0.916. The lowest BCUT2D eigenvalue weighted by Crippen LogP contribution is -2.39. The van der Waals surface area contributed by atoms with Gasteiger partial charge in [0.15, 0.2) is 0 Å². The fourth-order valence-electron chi connectivity index (χ4n) is 3.71. The summed E-state index contributed by atoms with van der Waals surface area (Å²) < 4.78 is 6.74. The molecule has 9 heteroatoms. The van der Waals surface area contributed by atoms with Gasteiger partial charge in [-0.25, -0.2) is 4.98 Å². The van der Waals surface area contributed by atoms with Crippen LogP contribution in [0.25, 0.3) is 10.9 Å². The summed E-state index contributed by atoms with van der Waals surface area (Å²) >= 11 is 0. The molecule has 0 aliphatic heterocycles. The molecule has 0 aliphatic rings. The first-order chi connectivity index (χ1) is 15.3. The lowest BCUT2D eigenvalue weighted by Gasteiger charge is -2.30. The van der Waals surface area contributed by atoms with Crippen LogP contribution in [0.15, 0.2) is 47.3 Å². The highest BCUT2D eigenvalue weighted by Gasteiger charge is 2.28. The number of nitrogens with zero attached hydrogens (tertiary/aromatic N) is 4. The Morgan fingerprint density at radius 2 is 2.00 bits per heavy atom. The van der Waals surface area contributed by atoms with Crippen LogP contribution in [0, 0.1) is 17.0 Å². The van der Waals surface area contributed by atoms with Crippen molar-refractivity contribution in [2.45, 2.75) is 33.4 Å². The molecule has 3 aromatic rings. The first-order valence-corrected chi connectivity index (χ1v) is 10.3. The number of nitro groups is 1. The van der Waals surface area contributed by atoms with Gasteiger partial charge >= 0.3 is 0 Å². The van der Waals surface area contributed by atoms with E-state index in [4.69, 9.17) is 9.72 Å². The van der Waals surface area contributed by atoms with Gasteiger partial charge in [0.05, 0.1) is 28.5 Å². The number of carbonyl (C=O) groups excluding carboxylic acids is 1. The number of methoxy groups -OCH3 is 1. The van der Waals surface area contributed by atoms with Crippen LogP contribution < -0.4 is 5.56 Å². The van der Waals surface area contributed by atoms with E-state index in [9.17, 15) is 19.7 Å². The van der Waals surface area contributed by atoms with E-state index in [0.29, 0.717) is 28.8 Å². The average Bonchev–Trinajstić information content (AvgIpc) is 2.79. The van der Waals surface area contributed by atoms with Gasteiger partial charge in [0, 0.05) is 37.4 Å². The molecule has 168 valence electrons. The molecule has 9 nitrogen and oxygen atoms in total. The molecule has 0 fully saturated rings. The van der Waals surface area contributed by atoms with Gasteiger partial charge in [-0.1, -0.05) is 18.2 Å². The summed E-state index contributed by atoms with van der Waals surface area (Å²) in [5.74, 6) is 0.0463. The van der Waals surface area contributed by atoms with E-state index in [1.54, 1.807) is 54.8 Å². The fourth-order valence-corrected chi connectivity index (χ4v) is 3.71. The van der Waals surface area contributed by atoms with Gasteiger partial charge in [0.2, 0.25) is 0 Å². The van der Waals surface area contributed by atoms with Crippen LogP contribution in [0.4, 0.5) is 5.69 Å². The summed E-state index contributed by atoms with van der Waals surface area (Å²) in [5, 5.41) is 11.9. The van der Waals surface area contributed by atoms with E-state index in [-0.39, 0.29) is 30.0 Å². The summed E-state index contributed by atoms with van der Waals surface area (Å²) in [7, 11) is 1.53. The molecule has 0 N–H and O–H groups in total. The van der Waals surface area contributed by atoms with Crippen molar-refractivity contribution in [1.29, 1.82) is 0 Å². The minimum Gasteiger partial charge on any atom is -0.383 e. The number of hydrogen-bond acceptors (Lipinski definition) is 6. The molecular formula is C23H26N4O5. The molecule has 0 radical (unpaired) electrons. The molecule has 3 rings (SSSR count). The van der Waals surface area contributed by atoms with Gasteiger partial charge in [-0.05, 0) is 39.0 Å². The molecule has 32 heavy (non-hydrogen) atoms. The molecule has 1 amide bonds. The van der Waals surface area contributed by atoms with Crippen molar-refractivity contribution in [2.24, 2.45) is 0 Å². The Labute approximate surface area is 185 Å². The van der Waals surface area contributed by atoms with Crippen LogP contribution in [-0.2, 0) is 11.3 Å². The van der Waals surface area contributed by atoms with E-state index in [1.165, 1.54) is 18.1 Å². The van der Waals surface area contributed by atoms with E-state index in [1.807, 2.05) is 6.92 Å². The Balaban J connectivity index is 2.10. The Morgan fingerprint density at radius 1 is 1.28 bits per heavy atom. The van der Waals surface area contributed by atoms with Crippen molar-refractivity contribution >= 4 is 22.5 Å². The zero-order valence-electron chi connectivity index (χ0n) is 18.6. The predicted octanol–water partition coefficient (Wildman–Crippen LogP) is 3.48. The molecular weight excluding hydrogens is 412 g/mol. The average molecular weight is 438 g/mol. The van der Waals surface area contributed by atoms with Gasteiger partial charge in [-0.2, -0.15) is 0 Å². The van der Waals surface area contributed by atoms with Crippen LogP contribution in [0.1, 0.15) is 41.6 Å². The number of para-hydroxylation sites is 1. The molecule has 2 aromatic carbocycles. The minimum absolute atomic E-state index is 0.121. The highest BCUT2D eigenvalue weighted by molar-refractivity contribution is 5.95. The smallest absolute Gasteiger partial charge is 0.273 e. The maximum Gasteiger partial charge on any atom is 0.273 e. The van der Waals surface area contributed by atoms with Crippen LogP contribution in [0.3, 0.4) is 0 Å². The standard InChI is InChI=1S/C23H26N4O5/c1-5-25-21(24-19-9-7-6-8-18(19)23(25)29)16(3)26(12-13-32-4)22(28)17-11-10-15(2)20(14-17)27(30)31/h6-11,14,16H,5,12-13H2,1-4H3. The normalized spacial score (nSPS) is 12.0. The van der Waals surface area contributed by atoms with E-state index in [2.05, 4.69) is 0 Å². The number of carbonyl (C=O) groups is 1. The van der Waals surface area contributed by atoms with Crippen molar-refractivity contribution in [3.05, 3.63) is 79.9 Å². The third-order valence-corrected chi connectivity index (χ3v) is 5.50. The van der Waals surface area contributed by atoms with E-state index >= 15 is 0 Å². The highest BCUT2D eigenvalue weighted by atomic mass is 16.6. The van der Waals surface area contributed by atoms with Crippen molar-refractivity contribution in [3.8, 4) is 0 Å². The van der Waals surface area contributed by atoms with Crippen LogP contribution >= 0.6 is 0 Å². The lowest BCUT2D eigenvalue weighted by molar-refractivity contribution is -0.385. The first-order valence-electron chi connectivity index (χ1n) is 10.3. The molecule has 0 spiro atoms. The summed E-state index contributed by atoms with van der Waals surface area (Å²) in [6.07, 6.45) is 0.